The Morgan fingerprint density at radius 1 is 0.974 bits per heavy atom. The van der Waals surface area contributed by atoms with E-state index < -0.39 is 28.5 Å². The minimum atomic E-state index is -4.13. The molecule has 0 aromatic heterocycles. The Bertz CT molecular complexity index is 1380. The fraction of sp³-hybridized carbons (Fsp3) is 0.286. The van der Waals surface area contributed by atoms with E-state index >= 15 is 0 Å². The molecule has 0 heterocycles. The number of hydrogen-bond acceptors (Lipinski definition) is 4. The standard InChI is InChI=1S/C28H31BrClN3O4S/c1-19(2)31-28(35)21(4)32(17-22-10-12-23(29)13-11-22)27(34)18-33(26-15-14-24(30)16-20(26)3)38(36,37)25-8-6-5-7-9-25/h5-16,19,21H,17-18H2,1-4H3,(H,31,35)/t21-/m0/s1. The highest BCUT2D eigenvalue weighted by molar-refractivity contribution is 9.10. The van der Waals surface area contributed by atoms with Gasteiger partial charge in [-0.15, -0.1) is 0 Å². The van der Waals surface area contributed by atoms with Gasteiger partial charge in [0.15, 0.2) is 0 Å². The molecule has 0 saturated carbocycles. The van der Waals surface area contributed by atoms with Crippen molar-refractivity contribution in [2.45, 2.75) is 51.2 Å². The Balaban J connectivity index is 2.05. The Hall–Kier alpha value is -2.88. The molecule has 10 heteroatoms. The Morgan fingerprint density at radius 2 is 1.61 bits per heavy atom. The number of carbonyl (C=O) groups is 2. The second-order valence-electron chi connectivity index (χ2n) is 9.24. The van der Waals surface area contributed by atoms with Crippen LogP contribution in [0.3, 0.4) is 0 Å². The molecule has 1 atom stereocenters. The number of nitrogens with zero attached hydrogens (tertiary/aromatic N) is 2. The molecule has 0 aliphatic rings. The first-order valence-electron chi connectivity index (χ1n) is 12.1. The third-order valence-corrected chi connectivity index (χ3v) is 8.44. The summed E-state index contributed by atoms with van der Waals surface area (Å²) in [6.45, 7) is 6.66. The van der Waals surface area contributed by atoms with Crippen molar-refractivity contribution in [3.8, 4) is 0 Å². The number of aryl methyl sites for hydroxylation is 1. The SMILES string of the molecule is Cc1cc(Cl)ccc1N(CC(=O)N(Cc1ccc(Br)cc1)[C@@H](C)C(=O)NC(C)C)S(=O)(=O)c1ccccc1. The van der Waals surface area contributed by atoms with Gasteiger partial charge in [-0.1, -0.05) is 57.9 Å². The van der Waals surface area contributed by atoms with E-state index in [1.54, 1.807) is 50.2 Å². The lowest BCUT2D eigenvalue weighted by atomic mass is 10.1. The van der Waals surface area contributed by atoms with Gasteiger partial charge in [0, 0.05) is 22.1 Å². The summed E-state index contributed by atoms with van der Waals surface area (Å²) in [5.74, 6) is -0.848. The molecule has 0 bridgehead atoms. The van der Waals surface area contributed by atoms with E-state index in [1.807, 2.05) is 38.1 Å². The third-order valence-electron chi connectivity index (χ3n) is 5.90. The maximum atomic E-state index is 13.9. The molecule has 3 rings (SSSR count). The smallest absolute Gasteiger partial charge is 0.264 e. The zero-order chi connectivity index (χ0) is 28.0. The fourth-order valence-corrected chi connectivity index (χ4v) is 5.90. The molecule has 1 N–H and O–H groups in total. The van der Waals surface area contributed by atoms with E-state index in [0.717, 1.165) is 14.3 Å². The fourth-order valence-electron chi connectivity index (χ4n) is 3.91. The van der Waals surface area contributed by atoms with Crippen molar-refractivity contribution in [1.82, 2.24) is 10.2 Å². The van der Waals surface area contributed by atoms with Gasteiger partial charge in [0.25, 0.3) is 10.0 Å². The summed E-state index contributed by atoms with van der Waals surface area (Å²) in [6, 6.07) is 19.2. The van der Waals surface area contributed by atoms with Crippen molar-refractivity contribution in [1.29, 1.82) is 0 Å². The predicted octanol–water partition coefficient (Wildman–Crippen LogP) is 5.55. The van der Waals surface area contributed by atoms with Gasteiger partial charge in [-0.3, -0.25) is 13.9 Å². The van der Waals surface area contributed by atoms with Gasteiger partial charge in [-0.2, -0.15) is 0 Å². The summed E-state index contributed by atoms with van der Waals surface area (Å²) in [4.78, 5) is 28.3. The van der Waals surface area contributed by atoms with E-state index in [1.165, 1.54) is 17.0 Å². The number of rotatable bonds is 10. The summed E-state index contributed by atoms with van der Waals surface area (Å²) in [6.07, 6.45) is 0. The van der Waals surface area contributed by atoms with Crippen LogP contribution in [-0.4, -0.2) is 43.8 Å². The number of anilines is 1. The lowest BCUT2D eigenvalue weighted by Crippen LogP contribution is -2.52. The molecule has 7 nitrogen and oxygen atoms in total. The third kappa shape index (κ3) is 7.36. The second kappa shape index (κ2) is 12.8. The molecule has 0 aliphatic carbocycles. The van der Waals surface area contributed by atoms with Crippen LogP contribution < -0.4 is 9.62 Å². The number of sulfonamides is 1. The van der Waals surface area contributed by atoms with Crippen LogP contribution in [0.1, 0.15) is 31.9 Å². The highest BCUT2D eigenvalue weighted by Gasteiger charge is 2.33. The summed E-state index contributed by atoms with van der Waals surface area (Å²) >= 11 is 9.54. The Labute approximate surface area is 238 Å². The van der Waals surface area contributed by atoms with Crippen molar-refractivity contribution in [2.75, 3.05) is 10.8 Å². The first-order valence-corrected chi connectivity index (χ1v) is 14.7. The Kier molecular flexibility index (Phi) is 9.98. The molecule has 0 fully saturated rings. The van der Waals surface area contributed by atoms with Crippen LogP contribution in [0.4, 0.5) is 5.69 Å². The average molecular weight is 621 g/mol. The van der Waals surface area contributed by atoms with Crippen molar-refractivity contribution in [2.24, 2.45) is 0 Å². The average Bonchev–Trinajstić information content (AvgIpc) is 2.87. The van der Waals surface area contributed by atoms with E-state index in [4.69, 9.17) is 11.6 Å². The molecule has 0 saturated heterocycles. The molecule has 202 valence electrons. The number of carbonyl (C=O) groups excluding carboxylic acids is 2. The van der Waals surface area contributed by atoms with Gasteiger partial charge >= 0.3 is 0 Å². The molecule has 3 aromatic carbocycles. The van der Waals surface area contributed by atoms with Crippen molar-refractivity contribution >= 4 is 55.1 Å². The Morgan fingerprint density at radius 3 is 2.18 bits per heavy atom. The maximum Gasteiger partial charge on any atom is 0.264 e. The first kappa shape index (κ1) is 29.7. The molecule has 0 unspecified atom stereocenters. The van der Waals surface area contributed by atoms with Crippen molar-refractivity contribution in [3.05, 3.63) is 93.4 Å². The molecule has 0 aliphatic heterocycles. The molecule has 3 aromatic rings. The summed E-state index contributed by atoms with van der Waals surface area (Å²) in [7, 11) is -4.13. The molecular weight excluding hydrogens is 590 g/mol. The van der Waals surface area contributed by atoms with E-state index in [2.05, 4.69) is 21.2 Å². The topological polar surface area (TPSA) is 86.8 Å². The van der Waals surface area contributed by atoms with Gasteiger partial charge in [0.05, 0.1) is 10.6 Å². The summed E-state index contributed by atoms with van der Waals surface area (Å²) < 4.78 is 29.6. The molecule has 0 spiro atoms. The quantitative estimate of drug-likeness (QED) is 0.322. The van der Waals surface area contributed by atoms with Crippen LogP contribution in [0, 0.1) is 6.92 Å². The monoisotopic (exact) mass is 619 g/mol. The number of hydrogen-bond donors (Lipinski definition) is 1. The minimum Gasteiger partial charge on any atom is -0.352 e. The number of halogens is 2. The number of benzene rings is 3. The van der Waals surface area contributed by atoms with Crippen LogP contribution in [0.15, 0.2) is 82.2 Å². The first-order chi connectivity index (χ1) is 17.9. The van der Waals surface area contributed by atoms with E-state index in [9.17, 15) is 18.0 Å². The van der Waals surface area contributed by atoms with Gasteiger partial charge in [-0.25, -0.2) is 8.42 Å². The normalized spacial score (nSPS) is 12.2. The lowest BCUT2D eigenvalue weighted by molar-refractivity contribution is -0.139. The largest absolute Gasteiger partial charge is 0.352 e. The summed E-state index contributed by atoms with van der Waals surface area (Å²) in [5, 5.41) is 3.29. The number of amides is 2. The van der Waals surface area contributed by atoms with Crippen LogP contribution in [0.25, 0.3) is 0 Å². The molecule has 2 amide bonds. The van der Waals surface area contributed by atoms with Crippen LogP contribution >= 0.6 is 27.5 Å². The van der Waals surface area contributed by atoms with Crippen LogP contribution in [0.2, 0.25) is 5.02 Å². The molecule has 38 heavy (non-hydrogen) atoms. The zero-order valence-electron chi connectivity index (χ0n) is 21.7. The van der Waals surface area contributed by atoms with Gasteiger partial charge in [0.2, 0.25) is 11.8 Å². The van der Waals surface area contributed by atoms with Gasteiger partial charge in [0.1, 0.15) is 12.6 Å². The van der Waals surface area contributed by atoms with E-state index in [0.29, 0.717) is 16.3 Å². The second-order valence-corrected chi connectivity index (χ2v) is 12.5. The predicted molar refractivity (Wildman–Crippen MR) is 155 cm³/mol. The van der Waals surface area contributed by atoms with Crippen LogP contribution in [0.5, 0.6) is 0 Å². The molecule has 0 radical (unpaired) electrons. The van der Waals surface area contributed by atoms with Crippen molar-refractivity contribution < 1.29 is 18.0 Å². The lowest BCUT2D eigenvalue weighted by Gasteiger charge is -2.32. The summed E-state index contributed by atoms with van der Waals surface area (Å²) in [5.41, 5.74) is 1.72. The van der Waals surface area contributed by atoms with Gasteiger partial charge < -0.3 is 10.2 Å². The van der Waals surface area contributed by atoms with Gasteiger partial charge in [-0.05, 0) is 81.3 Å². The van der Waals surface area contributed by atoms with E-state index in [-0.39, 0.29) is 23.4 Å². The zero-order valence-corrected chi connectivity index (χ0v) is 24.8. The maximum absolute atomic E-state index is 13.9. The van der Waals surface area contributed by atoms with Crippen LogP contribution in [-0.2, 0) is 26.2 Å². The minimum absolute atomic E-state index is 0.0483. The van der Waals surface area contributed by atoms with Crippen molar-refractivity contribution in [3.63, 3.8) is 0 Å². The highest BCUT2D eigenvalue weighted by atomic mass is 79.9. The number of nitrogens with one attached hydrogen (secondary N) is 1. The highest BCUT2D eigenvalue weighted by Crippen LogP contribution is 2.29. The molecular formula is C28H31BrClN3O4S.